The molecule has 0 spiro atoms. The van der Waals surface area contributed by atoms with E-state index in [9.17, 15) is 8.42 Å². The van der Waals surface area contributed by atoms with Crippen molar-refractivity contribution in [2.24, 2.45) is 0 Å². The first-order valence-corrected chi connectivity index (χ1v) is 9.56. The van der Waals surface area contributed by atoms with Crippen LogP contribution in [0.4, 0.5) is 5.69 Å². The SMILES string of the molecule is CC1(C)C=C(c2ccc(Cl)cn2)c2ccc(NS(C)(=O)=O)cc2O1. The third-order valence-electron chi connectivity index (χ3n) is 3.44. The van der Waals surface area contributed by atoms with E-state index >= 15 is 0 Å². The summed E-state index contributed by atoms with van der Waals surface area (Å²) in [6.07, 6.45) is 4.70. The van der Waals surface area contributed by atoms with Crippen LogP contribution in [0.15, 0.2) is 42.6 Å². The summed E-state index contributed by atoms with van der Waals surface area (Å²) >= 11 is 5.92. The van der Waals surface area contributed by atoms with Crippen molar-refractivity contribution in [2.75, 3.05) is 11.0 Å². The first-order chi connectivity index (χ1) is 11.1. The van der Waals surface area contributed by atoms with Gasteiger partial charge < -0.3 is 4.74 Å². The monoisotopic (exact) mass is 364 g/mol. The molecule has 5 nitrogen and oxygen atoms in total. The zero-order valence-electron chi connectivity index (χ0n) is 13.5. The molecule has 0 saturated heterocycles. The second kappa shape index (κ2) is 5.79. The highest BCUT2D eigenvalue weighted by atomic mass is 35.5. The maximum Gasteiger partial charge on any atom is 0.229 e. The summed E-state index contributed by atoms with van der Waals surface area (Å²) in [6, 6.07) is 8.83. The Labute approximate surface area is 146 Å². The van der Waals surface area contributed by atoms with E-state index in [2.05, 4.69) is 9.71 Å². The summed E-state index contributed by atoms with van der Waals surface area (Å²) < 4.78 is 31.3. The van der Waals surface area contributed by atoms with E-state index in [-0.39, 0.29) is 0 Å². The fourth-order valence-electron chi connectivity index (χ4n) is 2.59. The molecule has 0 atom stereocenters. The number of pyridine rings is 1. The molecule has 0 aliphatic carbocycles. The highest BCUT2D eigenvalue weighted by Crippen LogP contribution is 2.40. The van der Waals surface area contributed by atoms with Gasteiger partial charge in [-0.05, 0) is 44.2 Å². The van der Waals surface area contributed by atoms with E-state index in [1.165, 1.54) is 0 Å². The Bertz CT molecular complexity index is 919. The number of sulfonamides is 1. The van der Waals surface area contributed by atoms with Crippen LogP contribution in [0.25, 0.3) is 5.57 Å². The lowest BCUT2D eigenvalue weighted by Gasteiger charge is -2.31. The van der Waals surface area contributed by atoms with Gasteiger partial charge >= 0.3 is 0 Å². The van der Waals surface area contributed by atoms with Crippen LogP contribution in [-0.4, -0.2) is 25.3 Å². The number of hydrogen-bond donors (Lipinski definition) is 1. The van der Waals surface area contributed by atoms with Crippen LogP contribution in [0.5, 0.6) is 5.75 Å². The molecule has 2 heterocycles. The van der Waals surface area contributed by atoms with Gasteiger partial charge in [0.05, 0.1) is 22.7 Å². The van der Waals surface area contributed by atoms with Gasteiger partial charge in [0, 0.05) is 23.4 Å². The number of anilines is 1. The molecule has 0 unspecified atom stereocenters. The standard InChI is InChI=1S/C17H17ClN2O3S/c1-17(2)9-14(15-7-4-11(18)10-19-15)13-6-5-12(8-16(13)23-17)20-24(3,21)22/h4-10,20H,1-3H3. The van der Waals surface area contributed by atoms with Crippen molar-refractivity contribution < 1.29 is 13.2 Å². The smallest absolute Gasteiger partial charge is 0.229 e. The molecule has 0 amide bonds. The van der Waals surface area contributed by atoms with Gasteiger partial charge in [0.1, 0.15) is 11.4 Å². The lowest BCUT2D eigenvalue weighted by Crippen LogP contribution is -2.29. The van der Waals surface area contributed by atoms with Crippen molar-refractivity contribution in [1.82, 2.24) is 4.98 Å². The summed E-state index contributed by atoms with van der Waals surface area (Å²) in [5.74, 6) is 0.600. The Balaban J connectivity index is 2.09. The molecule has 2 aromatic rings. The second-order valence-electron chi connectivity index (χ2n) is 6.21. The van der Waals surface area contributed by atoms with Crippen molar-refractivity contribution in [3.8, 4) is 5.75 Å². The first kappa shape index (κ1) is 16.8. The van der Waals surface area contributed by atoms with E-state index in [0.29, 0.717) is 16.5 Å². The average Bonchev–Trinajstić information content (AvgIpc) is 2.44. The van der Waals surface area contributed by atoms with Gasteiger partial charge in [0.15, 0.2) is 0 Å². The van der Waals surface area contributed by atoms with Crippen molar-refractivity contribution in [3.05, 3.63) is 58.9 Å². The van der Waals surface area contributed by atoms with Crippen molar-refractivity contribution >= 4 is 32.9 Å². The molecule has 7 heteroatoms. The molecule has 3 rings (SSSR count). The molecular formula is C17H17ClN2O3S. The molecular weight excluding hydrogens is 348 g/mol. The highest BCUT2D eigenvalue weighted by Gasteiger charge is 2.28. The van der Waals surface area contributed by atoms with Gasteiger partial charge in [-0.25, -0.2) is 8.42 Å². The Hall–Kier alpha value is -2.05. The first-order valence-electron chi connectivity index (χ1n) is 7.29. The number of hydrogen-bond acceptors (Lipinski definition) is 4. The Morgan fingerprint density at radius 1 is 1.21 bits per heavy atom. The minimum Gasteiger partial charge on any atom is -0.483 e. The molecule has 1 aromatic heterocycles. The van der Waals surface area contributed by atoms with E-state index < -0.39 is 15.6 Å². The molecule has 0 radical (unpaired) electrons. The summed E-state index contributed by atoms with van der Waals surface area (Å²) in [4.78, 5) is 4.38. The Kier molecular flexibility index (Phi) is 4.05. The van der Waals surface area contributed by atoms with Crippen molar-refractivity contribution in [1.29, 1.82) is 0 Å². The molecule has 1 aromatic carbocycles. The number of aromatic nitrogens is 1. The van der Waals surface area contributed by atoms with Crippen LogP contribution in [0.1, 0.15) is 25.1 Å². The number of nitrogens with one attached hydrogen (secondary N) is 1. The highest BCUT2D eigenvalue weighted by molar-refractivity contribution is 7.92. The van der Waals surface area contributed by atoms with E-state index in [0.717, 1.165) is 23.1 Å². The Morgan fingerprint density at radius 3 is 2.58 bits per heavy atom. The number of fused-ring (bicyclic) bond motifs is 1. The van der Waals surface area contributed by atoms with Crippen LogP contribution >= 0.6 is 11.6 Å². The van der Waals surface area contributed by atoms with Crippen LogP contribution in [0.3, 0.4) is 0 Å². The number of benzene rings is 1. The predicted molar refractivity (Wildman–Crippen MR) is 95.9 cm³/mol. The molecule has 1 aliphatic rings. The number of halogens is 1. The van der Waals surface area contributed by atoms with Crippen LogP contribution in [0, 0.1) is 0 Å². The molecule has 1 aliphatic heterocycles. The summed E-state index contributed by atoms with van der Waals surface area (Å²) in [6.45, 7) is 3.87. The van der Waals surface area contributed by atoms with Crippen molar-refractivity contribution in [2.45, 2.75) is 19.4 Å². The van der Waals surface area contributed by atoms with E-state index in [1.54, 1.807) is 24.4 Å². The summed E-state index contributed by atoms with van der Waals surface area (Å²) in [5.41, 5.74) is 2.46. The second-order valence-corrected chi connectivity index (χ2v) is 8.40. The zero-order chi connectivity index (χ0) is 17.5. The van der Waals surface area contributed by atoms with Gasteiger partial charge in [-0.3, -0.25) is 9.71 Å². The largest absolute Gasteiger partial charge is 0.483 e. The number of rotatable bonds is 3. The minimum atomic E-state index is -3.35. The third kappa shape index (κ3) is 3.71. The molecule has 0 saturated carbocycles. The zero-order valence-corrected chi connectivity index (χ0v) is 15.1. The quantitative estimate of drug-likeness (QED) is 0.901. The van der Waals surface area contributed by atoms with Gasteiger partial charge in [0.2, 0.25) is 10.0 Å². The lowest BCUT2D eigenvalue weighted by molar-refractivity contribution is 0.158. The third-order valence-corrected chi connectivity index (χ3v) is 4.27. The van der Waals surface area contributed by atoms with Gasteiger partial charge in [-0.2, -0.15) is 0 Å². The molecule has 126 valence electrons. The van der Waals surface area contributed by atoms with Gasteiger partial charge in [0.25, 0.3) is 0 Å². The van der Waals surface area contributed by atoms with Crippen LogP contribution < -0.4 is 9.46 Å². The van der Waals surface area contributed by atoms with E-state index in [1.807, 2.05) is 32.1 Å². The minimum absolute atomic E-state index is 0.456. The Morgan fingerprint density at radius 2 is 1.96 bits per heavy atom. The lowest BCUT2D eigenvalue weighted by atomic mass is 9.92. The fourth-order valence-corrected chi connectivity index (χ4v) is 3.26. The maximum atomic E-state index is 11.4. The predicted octanol–water partition coefficient (Wildman–Crippen LogP) is 3.71. The van der Waals surface area contributed by atoms with E-state index in [4.69, 9.17) is 16.3 Å². The normalized spacial score (nSPS) is 15.9. The maximum absolute atomic E-state index is 11.4. The molecule has 0 bridgehead atoms. The molecule has 1 N–H and O–H groups in total. The number of ether oxygens (including phenoxy) is 1. The fraction of sp³-hybridized carbons (Fsp3) is 0.235. The average molecular weight is 365 g/mol. The topological polar surface area (TPSA) is 68.3 Å². The summed E-state index contributed by atoms with van der Waals surface area (Å²) in [5, 5.41) is 0.568. The summed E-state index contributed by atoms with van der Waals surface area (Å²) in [7, 11) is -3.35. The molecule has 24 heavy (non-hydrogen) atoms. The van der Waals surface area contributed by atoms with Gasteiger partial charge in [-0.15, -0.1) is 0 Å². The van der Waals surface area contributed by atoms with Gasteiger partial charge in [-0.1, -0.05) is 11.6 Å². The van der Waals surface area contributed by atoms with Crippen molar-refractivity contribution in [3.63, 3.8) is 0 Å². The van der Waals surface area contributed by atoms with Crippen LogP contribution in [0.2, 0.25) is 5.02 Å². The van der Waals surface area contributed by atoms with Crippen LogP contribution in [-0.2, 0) is 10.0 Å². The molecule has 0 fully saturated rings. The number of nitrogens with zero attached hydrogens (tertiary/aromatic N) is 1.